The monoisotopic (exact) mass is 250 g/mol. The molecular formula is C14H22N2O2. The van der Waals surface area contributed by atoms with Crippen LogP contribution in [0.25, 0.3) is 0 Å². The third kappa shape index (κ3) is 2.75. The third-order valence-corrected chi connectivity index (χ3v) is 3.64. The molecule has 1 aromatic heterocycles. The maximum Gasteiger partial charge on any atom is 0.337 e. The third-order valence-electron chi connectivity index (χ3n) is 3.64. The van der Waals surface area contributed by atoms with Crippen molar-refractivity contribution in [3.8, 4) is 0 Å². The first kappa shape index (κ1) is 13.1. The van der Waals surface area contributed by atoms with E-state index in [1.165, 1.54) is 25.9 Å². The van der Waals surface area contributed by atoms with Crippen LogP contribution in [0, 0.1) is 0 Å². The van der Waals surface area contributed by atoms with Gasteiger partial charge in [-0.05, 0) is 37.9 Å². The van der Waals surface area contributed by atoms with Gasteiger partial charge in [0, 0.05) is 25.0 Å². The first-order valence-corrected chi connectivity index (χ1v) is 6.74. The molecule has 1 N–H and O–H groups in total. The van der Waals surface area contributed by atoms with E-state index in [-0.39, 0.29) is 5.92 Å². The minimum Gasteiger partial charge on any atom is -0.478 e. The molecule has 1 aliphatic rings. The van der Waals surface area contributed by atoms with E-state index in [2.05, 4.69) is 9.47 Å². The number of carboxylic acids is 1. The Kier molecular flexibility index (Phi) is 4.07. The highest BCUT2D eigenvalue weighted by Gasteiger charge is 2.18. The average molecular weight is 250 g/mol. The van der Waals surface area contributed by atoms with Gasteiger partial charge >= 0.3 is 5.97 Å². The summed E-state index contributed by atoms with van der Waals surface area (Å²) in [6.45, 7) is 8.38. The van der Waals surface area contributed by atoms with Gasteiger partial charge in [-0.3, -0.25) is 0 Å². The number of hydrogen-bond donors (Lipinski definition) is 1. The number of likely N-dealkylation sites (tertiary alicyclic amines) is 1. The normalized spacial score (nSPS) is 16.6. The molecule has 1 aliphatic heterocycles. The number of carboxylic acid groups (broad SMARTS) is 1. The van der Waals surface area contributed by atoms with E-state index in [1.54, 1.807) is 6.07 Å². The summed E-state index contributed by atoms with van der Waals surface area (Å²) in [7, 11) is 0. The second-order valence-electron chi connectivity index (χ2n) is 5.32. The molecule has 0 spiro atoms. The molecule has 0 aromatic carbocycles. The molecule has 0 atom stereocenters. The van der Waals surface area contributed by atoms with E-state index in [1.807, 2.05) is 20.0 Å². The fourth-order valence-electron chi connectivity index (χ4n) is 2.76. The molecule has 2 heterocycles. The van der Waals surface area contributed by atoms with Crippen LogP contribution in [0.3, 0.4) is 0 Å². The predicted molar refractivity (Wildman–Crippen MR) is 71.2 cm³/mol. The summed E-state index contributed by atoms with van der Waals surface area (Å²) < 4.78 is 2.10. The molecule has 100 valence electrons. The van der Waals surface area contributed by atoms with Crippen molar-refractivity contribution < 1.29 is 9.90 Å². The molecule has 0 saturated carbocycles. The standard InChI is InChI=1S/C14H22N2O2/c1-11(2)13-12(14(17)18)5-8-16(13)10-9-15-6-3-4-7-15/h5,8,11H,3-4,6-7,9-10H2,1-2H3,(H,17,18). The number of aromatic carboxylic acids is 1. The van der Waals surface area contributed by atoms with Gasteiger partial charge in [-0.15, -0.1) is 0 Å². The molecule has 0 bridgehead atoms. The Morgan fingerprint density at radius 2 is 2.00 bits per heavy atom. The summed E-state index contributed by atoms with van der Waals surface area (Å²) in [5, 5.41) is 9.18. The van der Waals surface area contributed by atoms with Crippen LogP contribution in [0.2, 0.25) is 0 Å². The van der Waals surface area contributed by atoms with Crippen LogP contribution in [-0.2, 0) is 6.54 Å². The predicted octanol–water partition coefficient (Wildman–Crippen LogP) is 2.41. The van der Waals surface area contributed by atoms with Crippen molar-refractivity contribution in [2.45, 2.75) is 39.2 Å². The molecule has 0 amide bonds. The summed E-state index contributed by atoms with van der Waals surface area (Å²) in [6, 6.07) is 1.72. The molecule has 1 fully saturated rings. The van der Waals surface area contributed by atoms with Crippen molar-refractivity contribution >= 4 is 5.97 Å². The van der Waals surface area contributed by atoms with E-state index in [0.29, 0.717) is 5.56 Å². The fourth-order valence-corrected chi connectivity index (χ4v) is 2.76. The van der Waals surface area contributed by atoms with Gasteiger partial charge in [0.05, 0.1) is 5.56 Å². The molecular weight excluding hydrogens is 228 g/mol. The molecule has 4 heteroatoms. The molecule has 0 aliphatic carbocycles. The summed E-state index contributed by atoms with van der Waals surface area (Å²) in [5.74, 6) is -0.580. The smallest absolute Gasteiger partial charge is 0.337 e. The molecule has 1 aromatic rings. The van der Waals surface area contributed by atoms with Crippen molar-refractivity contribution in [2.75, 3.05) is 19.6 Å². The number of hydrogen-bond acceptors (Lipinski definition) is 2. The van der Waals surface area contributed by atoms with E-state index in [4.69, 9.17) is 0 Å². The van der Waals surface area contributed by atoms with E-state index >= 15 is 0 Å². The van der Waals surface area contributed by atoms with Crippen molar-refractivity contribution in [1.82, 2.24) is 9.47 Å². The van der Waals surface area contributed by atoms with E-state index < -0.39 is 5.97 Å². The molecule has 4 nitrogen and oxygen atoms in total. The second-order valence-corrected chi connectivity index (χ2v) is 5.32. The molecule has 0 unspecified atom stereocenters. The fraction of sp³-hybridized carbons (Fsp3) is 0.643. The topological polar surface area (TPSA) is 45.5 Å². The van der Waals surface area contributed by atoms with E-state index in [9.17, 15) is 9.90 Å². The largest absolute Gasteiger partial charge is 0.478 e. The van der Waals surface area contributed by atoms with Crippen LogP contribution in [0.15, 0.2) is 12.3 Å². The maximum absolute atomic E-state index is 11.2. The highest BCUT2D eigenvalue weighted by molar-refractivity contribution is 5.89. The Morgan fingerprint density at radius 1 is 1.33 bits per heavy atom. The van der Waals surface area contributed by atoms with Crippen LogP contribution in [0.1, 0.15) is 48.7 Å². The van der Waals surface area contributed by atoms with Crippen molar-refractivity contribution in [1.29, 1.82) is 0 Å². The SMILES string of the molecule is CC(C)c1c(C(=O)O)ccn1CCN1CCCC1. The highest BCUT2D eigenvalue weighted by atomic mass is 16.4. The van der Waals surface area contributed by atoms with Crippen molar-refractivity contribution in [3.63, 3.8) is 0 Å². The average Bonchev–Trinajstić information content (AvgIpc) is 2.95. The zero-order chi connectivity index (χ0) is 13.1. The lowest BCUT2D eigenvalue weighted by Crippen LogP contribution is -2.24. The van der Waals surface area contributed by atoms with Gasteiger partial charge in [-0.25, -0.2) is 4.79 Å². The summed E-state index contributed by atoms with van der Waals surface area (Å²) in [5.41, 5.74) is 1.40. The van der Waals surface area contributed by atoms with Gasteiger partial charge in [-0.1, -0.05) is 13.8 Å². The maximum atomic E-state index is 11.2. The van der Waals surface area contributed by atoms with Crippen LogP contribution in [-0.4, -0.2) is 40.2 Å². The Labute approximate surface area is 108 Å². The van der Waals surface area contributed by atoms with E-state index in [0.717, 1.165) is 18.8 Å². The lowest BCUT2D eigenvalue weighted by Gasteiger charge is -2.18. The van der Waals surface area contributed by atoms with Crippen LogP contribution >= 0.6 is 0 Å². The molecule has 0 radical (unpaired) electrons. The van der Waals surface area contributed by atoms with Crippen molar-refractivity contribution in [2.24, 2.45) is 0 Å². The lowest BCUT2D eigenvalue weighted by atomic mass is 10.1. The van der Waals surface area contributed by atoms with Crippen LogP contribution < -0.4 is 0 Å². The second kappa shape index (κ2) is 5.57. The Morgan fingerprint density at radius 3 is 2.56 bits per heavy atom. The molecule has 18 heavy (non-hydrogen) atoms. The molecule has 1 saturated heterocycles. The Hall–Kier alpha value is -1.29. The quantitative estimate of drug-likeness (QED) is 0.873. The molecule has 2 rings (SSSR count). The lowest BCUT2D eigenvalue weighted by molar-refractivity contribution is 0.0695. The summed E-state index contributed by atoms with van der Waals surface area (Å²) >= 11 is 0. The zero-order valence-corrected chi connectivity index (χ0v) is 11.2. The Bertz CT molecular complexity index is 417. The van der Waals surface area contributed by atoms with Crippen LogP contribution in [0.4, 0.5) is 0 Å². The summed E-state index contributed by atoms with van der Waals surface area (Å²) in [6.07, 6.45) is 4.50. The Balaban J connectivity index is 2.09. The van der Waals surface area contributed by atoms with Gasteiger partial charge < -0.3 is 14.6 Å². The van der Waals surface area contributed by atoms with Gasteiger partial charge in [-0.2, -0.15) is 0 Å². The van der Waals surface area contributed by atoms with Gasteiger partial charge in [0.2, 0.25) is 0 Å². The van der Waals surface area contributed by atoms with Crippen LogP contribution in [0.5, 0.6) is 0 Å². The van der Waals surface area contributed by atoms with Gasteiger partial charge in [0.1, 0.15) is 0 Å². The minimum absolute atomic E-state index is 0.240. The minimum atomic E-state index is -0.821. The highest BCUT2D eigenvalue weighted by Crippen LogP contribution is 2.21. The summed E-state index contributed by atoms with van der Waals surface area (Å²) in [4.78, 5) is 13.6. The number of nitrogens with zero attached hydrogens (tertiary/aromatic N) is 2. The van der Waals surface area contributed by atoms with Gasteiger partial charge in [0.15, 0.2) is 0 Å². The number of rotatable bonds is 5. The number of aromatic nitrogens is 1. The zero-order valence-electron chi connectivity index (χ0n) is 11.2. The van der Waals surface area contributed by atoms with Gasteiger partial charge in [0.25, 0.3) is 0 Å². The van der Waals surface area contributed by atoms with Crippen molar-refractivity contribution in [3.05, 3.63) is 23.5 Å². The first-order valence-electron chi connectivity index (χ1n) is 6.74. The number of carbonyl (C=O) groups is 1. The first-order chi connectivity index (χ1) is 8.59.